The van der Waals surface area contributed by atoms with Crippen LogP contribution in [0.1, 0.15) is 0 Å². The zero-order valence-electron chi connectivity index (χ0n) is 11.5. The summed E-state index contributed by atoms with van der Waals surface area (Å²) in [4.78, 5) is 33.3. The standard InChI is InChI=1S/C14H11FN2O6/c15-7-2-1-6(5-8(7)17(21)22)16-13(18)11-9-3-4-10(23-9)12(11)14(19)20/h1-5,9-12H,(H,16,18)(H,19,20)/p-1/t9-,10+,11-,12+/m1/s1. The molecule has 8 nitrogen and oxygen atoms in total. The predicted octanol–water partition coefficient (Wildman–Crippen LogP) is -0.00810. The molecule has 0 saturated carbocycles. The summed E-state index contributed by atoms with van der Waals surface area (Å²) < 4.78 is 18.6. The fourth-order valence-corrected chi connectivity index (χ4v) is 2.86. The molecule has 1 fully saturated rings. The molecule has 0 aromatic heterocycles. The maximum absolute atomic E-state index is 13.3. The van der Waals surface area contributed by atoms with Crippen molar-refractivity contribution in [1.82, 2.24) is 0 Å². The van der Waals surface area contributed by atoms with Crippen LogP contribution in [0.4, 0.5) is 15.8 Å². The number of fused-ring (bicyclic) bond motifs is 2. The highest BCUT2D eigenvalue weighted by molar-refractivity contribution is 5.96. The lowest BCUT2D eigenvalue weighted by molar-refractivity contribution is -0.387. The van der Waals surface area contributed by atoms with E-state index in [0.717, 1.165) is 18.2 Å². The minimum Gasteiger partial charge on any atom is -0.550 e. The van der Waals surface area contributed by atoms with Crippen LogP contribution in [0.3, 0.4) is 0 Å². The lowest BCUT2D eigenvalue weighted by atomic mass is 9.82. The number of benzene rings is 1. The van der Waals surface area contributed by atoms with Gasteiger partial charge in [0.15, 0.2) is 0 Å². The van der Waals surface area contributed by atoms with E-state index in [-0.39, 0.29) is 5.69 Å². The van der Waals surface area contributed by atoms with Gasteiger partial charge >= 0.3 is 5.69 Å². The number of rotatable bonds is 4. The van der Waals surface area contributed by atoms with Crippen molar-refractivity contribution in [2.45, 2.75) is 12.2 Å². The summed E-state index contributed by atoms with van der Waals surface area (Å²) in [6, 6.07) is 2.87. The average Bonchev–Trinajstić information content (AvgIpc) is 3.09. The summed E-state index contributed by atoms with van der Waals surface area (Å²) >= 11 is 0. The summed E-state index contributed by atoms with van der Waals surface area (Å²) in [5.41, 5.74) is -0.796. The molecule has 2 aliphatic rings. The van der Waals surface area contributed by atoms with Crippen molar-refractivity contribution in [2.75, 3.05) is 5.32 Å². The third-order valence-corrected chi connectivity index (χ3v) is 3.88. The van der Waals surface area contributed by atoms with Gasteiger partial charge in [0.05, 0.1) is 23.0 Å². The smallest absolute Gasteiger partial charge is 0.306 e. The molecule has 2 aliphatic heterocycles. The number of carbonyl (C=O) groups excluding carboxylic acids is 2. The van der Waals surface area contributed by atoms with Crippen LogP contribution in [0.5, 0.6) is 0 Å². The molecule has 1 amide bonds. The number of nitrogens with one attached hydrogen (secondary N) is 1. The first-order valence-corrected chi connectivity index (χ1v) is 6.68. The monoisotopic (exact) mass is 321 g/mol. The highest BCUT2D eigenvalue weighted by atomic mass is 19.1. The van der Waals surface area contributed by atoms with Crippen LogP contribution in [-0.4, -0.2) is 29.0 Å². The molecular formula is C14H10FN2O6-. The number of aliphatic carboxylic acids is 1. The van der Waals surface area contributed by atoms with E-state index >= 15 is 0 Å². The van der Waals surface area contributed by atoms with Gasteiger partial charge in [-0.1, -0.05) is 12.2 Å². The van der Waals surface area contributed by atoms with Crippen molar-refractivity contribution in [2.24, 2.45) is 11.8 Å². The molecule has 1 N–H and O–H groups in total. The number of halogens is 1. The molecule has 0 spiro atoms. The van der Waals surface area contributed by atoms with Crippen molar-refractivity contribution in [3.63, 3.8) is 0 Å². The van der Waals surface area contributed by atoms with Crippen molar-refractivity contribution < 1.29 is 28.7 Å². The third kappa shape index (κ3) is 2.55. The fourth-order valence-electron chi connectivity index (χ4n) is 2.86. The summed E-state index contributed by atoms with van der Waals surface area (Å²) in [6.07, 6.45) is 1.71. The molecule has 120 valence electrons. The number of anilines is 1. The maximum Gasteiger partial charge on any atom is 0.306 e. The van der Waals surface area contributed by atoms with E-state index in [1.807, 2.05) is 0 Å². The Hall–Kier alpha value is -2.81. The third-order valence-electron chi connectivity index (χ3n) is 3.88. The Labute approximate surface area is 128 Å². The molecule has 2 heterocycles. The van der Waals surface area contributed by atoms with Gasteiger partial charge in [-0.2, -0.15) is 4.39 Å². The van der Waals surface area contributed by atoms with Crippen molar-refractivity contribution in [3.8, 4) is 0 Å². The van der Waals surface area contributed by atoms with Gasteiger partial charge in [-0.05, 0) is 12.1 Å². The van der Waals surface area contributed by atoms with E-state index in [1.54, 1.807) is 12.2 Å². The summed E-state index contributed by atoms with van der Waals surface area (Å²) in [7, 11) is 0. The Morgan fingerprint density at radius 1 is 1.22 bits per heavy atom. The van der Waals surface area contributed by atoms with E-state index < -0.39 is 52.3 Å². The molecule has 1 saturated heterocycles. The molecule has 1 aromatic rings. The number of carbonyl (C=O) groups is 2. The highest BCUT2D eigenvalue weighted by Crippen LogP contribution is 2.39. The maximum atomic E-state index is 13.3. The van der Waals surface area contributed by atoms with Crippen molar-refractivity contribution in [1.29, 1.82) is 0 Å². The van der Waals surface area contributed by atoms with E-state index in [2.05, 4.69) is 5.32 Å². The Bertz CT molecular complexity index is 734. The molecule has 4 atom stereocenters. The second kappa shape index (κ2) is 5.43. The number of carboxylic acids is 1. The molecule has 0 aliphatic carbocycles. The van der Waals surface area contributed by atoms with Crippen LogP contribution >= 0.6 is 0 Å². The Morgan fingerprint density at radius 3 is 2.48 bits per heavy atom. The Balaban J connectivity index is 1.82. The first-order chi connectivity index (χ1) is 10.9. The molecule has 0 unspecified atom stereocenters. The van der Waals surface area contributed by atoms with Crippen LogP contribution in [0.2, 0.25) is 0 Å². The van der Waals surface area contributed by atoms with E-state index in [0.29, 0.717) is 0 Å². The topological polar surface area (TPSA) is 122 Å². The molecule has 9 heteroatoms. The zero-order valence-corrected chi connectivity index (χ0v) is 11.5. The van der Waals surface area contributed by atoms with Gasteiger partial charge in [0.2, 0.25) is 11.7 Å². The second-order valence-corrected chi connectivity index (χ2v) is 5.23. The van der Waals surface area contributed by atoms with Crippen LogP contribution < -0.4 is 10.4 Å². The number of carboxylic acid groups (broad SMARTS) is 1. The summed E-state index contributed by atoms with van der Waals surface area (Å²) in [6.45, 7) is 0. The summed E-state index contributed by atoms with van der Waals surface area (Å²) in [5.74, 6) is -5.28. The zero-order chi connectivity index (χ0) is 16.7. The first-order valence-electron chi connectivity index (χ1n) is 6.68. The molecule has 2 bridgehead atoms. The minimum absolute atomic E-state index is 0.00745. The van der Waals surface area contributed by atoms with Gasteiger partial charge in [-0.15, -0.1) is 0 Å². The molecular weight excluding hydrogens is 311 g/mol. The van der Waals surface area contributed by atoms with Gasteiger partial charge in [-0.3, -0.25) is 14.9 Å². The van der Waals surface area contributed by atoms with Crippen LogP contribution in [0, 0.1) is 27.8 Å². The molecule has 23 heavy (non-hydrogen) atoms. The predicted molar refractivity (Wildman–Crippen MR) is 71.5 cm³/mol. The molecule has 0 radical (unpaired) electrons. The van der Waals surface area contributed by atoms with Crippen molar-refractivity contribution in [3.05, 3.63) is 46.3 Å². The molecule has 3 rings (SSSR count). The quantitative estimate of drug-likeness (QED) is 0.473. The van der Waals surface area contributed by atoms with Gasteiger partial charge < -0.3 is 20.0 Å². The Kier molecular flexibility index (Phi) is 3.57. The normalized spacial score (nSPS) is 27.9. The van der Waals surface area contributed by atoms with Gasteiger partial charge in [-0.25, -0.2) is 0 Å². The summed E-state index contributed by atoms with van der Waals surface area (Å²) in [5, 5.41) is 24.3. The van der Waals surface area contributed by atoms with Crippen LogP contribution in [0.15, 0.2) is 30.4 Å². The number of hydrogen-bond donors (Lipinski definition) is 1. The number of nitro benzene ring substituents is 1. The van der Waals surface area contributed by atoms with Crippen LogP contribution in [0.25, 0.3) is 0 Å². The van der Waals surface area contributed by atoms with Gasteiger partial charge in [0.25, 0.3) is 0 Å². The van der Waals surface area contributed by atoms with Gasteiger partial charge in [0.1, 0.15) is 0 Å². The lowest BCUT2D eigenvalue weighted by Crippen LogP contribution is -2.45. The number of hydrogen-bond acceptors (Lipinski definition) is 6. The van der Waals surface area contributed by atoms with E-state index in [1.165, 1.54) is 0 Å². The number of ether oxygens (including phenoxy) is 1. The minimum atomic E-state index is -1.41. The average molecular weight is 321 g/mol. The number of nitrogens with zero attached hydrogens (tertiary/aromatic N) is 1. The van der Waals surface area contributed by atoms with Gasteiger partial charge in [0, 0.05) is 23.6 Å². The van der Waals surface area contributed by atoms with E-state index in [4.69, 9.17) is 4.74 Å². The largest absolute Gasteiger partial charge is 0.550 e. The van der Waals surface area contributed by atoms with E-state index in [9.17, 15) is 29.2 Å². The fraction of sp³-hybridized carbons (Fsp3) is 0.286. The molecule has 1 aromatic carbocycles. The SMILES string of the molecule is O=C([O-])[C@@H]1[C@H](C(=O)Nc2ccc(F)c([N+](=O)[O-])c2)[C@H]2C=C[C@@H]1O2. The lowest BCUT2D eigenvalue weighted by Gasteiger charge is -2.24. The highest BCUT2D eigenvalue weighted by Gasteiger charge is 2.50. The number of amides is 1. The van der Waals surface area contributed by atoms with Crippen LogP contribution in [-0.2, 0) is 14.3 Å². The van der Waals surface area contributed by atoms with Crippen molar-refractivity contribution >= 4 is 23.3 Å². The first kappa shape index (κ1) is 15.1. The Morgan fingerprint density at radius 2 is 1.87 bits per heavy atom. The number of nitro groups is 1. The second-order valence-electron chi connectivity index (χ2n) is 5.23.